The molecule has 13 heavy (non-hydrogen) atoms. The van der Waals surface area contributed by atoms with Crippen molar-refractivity contribution in [2.24, 2.45) is 0 Å². The minimum atomic E-state index is -0.415. The van der Waals surface area contributed by atoms with E-state index in [0.29, 0.717) is 13.1 Å². The molecule has 1 aliphatic rings. The lowest BCUT2D eigenvalue weighted by molar-refractivity contribution is 0.0275. The molecule has 3 heteroatoms. The Hall–Kier alpha value is -1.17. The first-order chi connectivity index (χ1) is 5.99. The third kappa shape index (κ3) is 3.37. The van der Waals surface area contributed by atoms with Crippen molar-refractivity contribution < 1.29 is 9.53 Å². The van der Waals surface area contributed by atoms with E-state index in [2.05, 4.69) is 11.8 Å². The van der Waals surface area contributed by atoms with Gasteiger partial charge in [0.05, 0.1) is 6.54 Å². The van der Waals surface area contributed by atoms with Crippen LogP contribution in [0, 0.1) is 11.8 Å². The van der Waals surface area contributed by atoms with Crippen LogP contribution in [0.15, 0.2) is 0 Å². The number of carbonyl (C=O) groups is 1. The second kappa shape index (κ2) is 3.69. The summed E-state index contributed by atoms with van der Waals surface area (Å²) in [6, 6.07) is 0. The largest absolute Gasteiger partial charge is 0.444 e. The molecule has 0 N–H and O–H groups in total. The summed E-state index contributed by atoms with van der Waals surface area (Å²) in [5, 5.41) is 0. The lowest BCUT2D eigenvalue weighted by atomic mass is 10.2. The Morgan fingerprint density at radius 3 is 2.54 bits per heavy atom. The summed E-state index contributed by atoms with van der Waals surface area (Å²) in [6.07, 6.45) is 0.487. The predicted octanol–water partition coefficient (Wildman–Crippen LogP) is 1.63. The average molecular weight is 181 g/mol. The summed E-state index contributed by atoms with van der Waals surface area (Å²) in [5.41, 5.74) is -0.415. The van der Waals surface area contributed by atoms with Gasteiger partial charge >= 0.3 is 6.09 Å². The highest BCUT2D eigenvalue weighted by molar-refractivity contribution is 5.68. The van der Waals surface area contributed by atoms with E-state index in [1.807, 2.05) is 20.8 Å². The minimum Gasteiger partial charge on any atom is -0.444 e. The number of ether oxygens (including phenoxy) is 1. The molecule has 0 aromatic carbocycles. The van der Waals surface area contributed by atoms with Crippen molar-refractivity contribution >= 4 is 6.09 Å². The molecule has 1 heterocycles. The van der Waals surface area contributed by atoms with Crippen molar-refractivity contribution in [2.45, 2.75) is 32.8 Å². The van der Waals surface area contributed by atoms with E-state index in [1.54, 1.807) is 4.90 Å². The number of carbonyl (C=O) groups excluding carboxylic acids is 1. The Bertz CT molecular complexity index is 254. The topological polar surface area (TPSA) is 29.5 Å². The molecule has 0 aromatic rings. The number of amides is 1. The van der Waals surface area contributed by atoms with Crippen LogP contribution in [-0.4, -0.2) is 29.7 Å². The Kier molecular flexibility index (Phi) is 2.82. The molecule has 1 aliphatic heterocycles. The zero-order valence-electron chi connectivity index (χ0n) is 8.39. The smallest absolute Gasteiger partial charge is 0.411 e. The second-order valence-corrected chi connectivity index (χ2v) is 4.01. The van der Waals surface area contributed by atoms with Gasteiger partial charge in [0.15, 0.2) is 0 Å². The van der Waals surface area contributed by atoms with Crippen LogP contribution in [0.1, 0.15) is 27.2 Å². The van der Waals surface area contributed by atoms with Crippen LogP contribution in [0.4, 0.5) is 4.79 Å². The summed E-state index contributed by atoms with van der Waals surface area (Å²) >= 11 is 0. The Morgan fingerprint density at radius 2 is 2.08 bits per heavy atom. The highest BCUT2D eigenvalue weighted by Gasteiger charge is 2.21. The normalized spacial score (nSPS) is 16.1. The van der Waals surface area contributed by atoms with Crippen LogP contribution >= 0.6 is 0 Å². The molecular weight excluding hydrogens is 166 g/mol. The molecule has 0 radical (unpaired) electrons. The van der Waals surface area contributed by atoms with Crippen LogP contribution in [-0.2, 0) is 4.74 Å². The molecule has 1 rings (SSSR count). The fourth-order valence-corrected chi connectivity index (χ4v) is 0.992. The second-order valence-electron chi connectivity index (χ2n) is 4.01. The standard InChI is InChI=1S/C10H15NO2/c1-10(2,3)13-9(12)11-7-5-4-6-8-11/h5,7-8H2,1-3H3. The number of hydrogen-bond donors (Lipinski definition) is 0. The maximum Gasteiger partial charge on any atom is 0.411 e. The zero-order chi connectivity index (χ0) is 9.90. The SMILES string of the molecule is CC(C)(C)OC(=O)N1CC#CCC1. The van der Waals surface area contributed by atoms with Gasteiger partial charge < -0.3 is 4.74 Å². The van der Waals surface area contributed by atoms with E-state index in [4.69, 9.17) is 4.74 Å². The molecule has 0 aliphatic carbocycles. The van der Waals surface area contributed by atoms with E-state index in [9.17, 15) is 4.79 Å². The fraction of sp³-hybridized carbons (Fsp3) is 0.700. The van der Waals surface area contributed by atoms with Crippen molar-refractivity contribution in [1.82, 2.24) is 4.90 Å². The monoisotopic (exact) mass is 181 g/mol. The van der Waals surface area contributed by atoms with E-state index in [-0.39, 0.29) is 6.09 Å². The fourth-order valence-electron chi connectivity index (χ4n) is 0.992. The van der Waals surface area contributed by atoms with Crippen LogP contribution < -0.4 is 0 Å². The van der Waals surface area contributed by atoms with E-state index in [0.717, 1.165) is 6.42 Å². The van der Waals surface area contributed by atoms with Gasteiger partial charge in [-0.05, 0) is 20.8 Å². The number of rotatable bonds is 0. The number of nitrogens with zero attached hydrogens (tertiary/aromatic N) is 1. The molecular formula is C10H15NO2. The van der Waals surface area contributed by atoms with Gasteiger partial charge in [-0.25, -0.2) is 4.79 Å². The maximum atomic E-state index is 11.4. The van der Waals surface area contributed by atoms with Crippen molar-refractivity contribution in [2.75, 3.05) is 13.1 Å². The number of hydrogen-bond acceptors (Lipinski definition) is 2. The third-order valence-corrected chi connectivity index (χ3v) is 1.55. The molecule has 0 saturated heterocycles. The summed E-state index contributed by atoms with van der Waals surface area (Å²) < 4.78 is 5.20. The van der Waals surface area contributed by atoms with Crippen LogP contribution in [0.2, 0.25) is 0 Å². The van der Waals surface area contributed by atoms with Gasteiger partial charge in [0.25, 0.3) is 0 Å². The molecule has 0 aromatic heterocycles. The Labute approximate surface area is 79.1 Å². The van der Waals surface area contributed by atoms with Gasteiger partial charge in [0, 0.05) is 13.0 Å². The average Bonchev–Trinajstić information content (AvgIpc) is 2.03. The lowest BCUT2D eigenvalue weighted by Crippen LogP contribution is -2.38. The van der Waals surface area contributed by atoms with Crippen LogP contribution in [0.3, 0.4) is 0 Å². The molecule has 0 bridgehead atoms. The van der Waals surface area contributed by atoms with Crippen molar-refractivity contribution in [3.8, 4) is 11.8 Å². The molecule has 0 spiro atoms. The van der Waals surface area contributed by atoms with E-state index in [1.165, 1.54) is 0 Å². The first-order valence-electron chi connectivity index (χ1n) is 4.43. The molecule has 1 amide bonds. The van der Waals surface area contributed by atoms with Gasteiger partial charge in [-0.3, -0.25) is 4.90 Å². The van der Waals surface area contributed by atoms with Crippen molar-refractivity contribution in [3.63, 3.8) is 0 Å². The van der Waals surface area contributed by atoms with Crippen molar-refractivity contribution in [1.29, 1.82) is 0 Å². The Balaban J connectivity index is 2.45. The third-order valence-electron chi connectivity index (χ3n) is 1.55. The molecule has 3 nitrogen and oxygen atoms in total. The highest BCUT2D eigenvalue weighted by Crippen LogP contribution is 2.10. The zero-order valence-corrected chi connectivity index (χ0v) is 8.39. The van der Waals surface area contributed by atoms with Crippen LogP contribution in [0.25, 0.3) is 0 Å². The summed E-state index contributed by atoms with van der Waals surface area (Å²) in [5.74, 6) is 5.81. The molecule has 0 fully saturated rings. The predicted molar refractivity (Wildman–Crippen MR) is 50.2 cm³/mol. The van der Waals surface area contributed by atoms with E-state index < -0.39 is 5.60 Å². The summed E-state index contributed by atoms with van der Waals surface area (Å²) in [6.45, 7) is 6.76. The minimum absolute atomic E-state index is 0.262. The first kappa shape index (κ1) is 9.91. The first-order valence-corrected chi connectivity index (χ1v) is 4.43. The van der Waals surface area contributed by atoms with Crippen molar-refractivity contribution in [3.05, 3.63) is 0 Å². The van der Waals surface area contributed by atoms with Gasteiger partial charge in [0.2, 0.25) is 0 Å². The molecule has 0 saturated carbocycles. The highest BCUT2D eigenvalue weighted by atomic mass is 16.6. The Morgan fingerprint density at radius 1 is 1.38 bits per heavy atom. The summed E-state index contributed by atoms with van der Waals surface area (Å²) in [7, 11) is 0. The molecule has 0 unspecified atom stereocenters. The molecule has 0 atom stereocenters. The van der Waals surface area contributed by atoms with E-state index >= 15 is 0 Å². The summed E-state index contributed by atoms with van der Waals surface area (Å²) in [4.78, 5) is 13.1. The van der Waals surface area contributed by atoms with Gasteiger partial charge in [-0.2, -0.15) is 0 Å². The quantitative estimate of drug-likeness (QED) is 0.531. The van der Waals surface area contributed by atoms with Gasteiger partial charge in [0.1, 0.15) is 5.60 Å². The lowest BCUT2D eigenvalue weighted by Gasteiger charge is -2.26. The molecule has 72 valence electrons. The van der Waals surface area contributed by atoms with Gasteiger partial charge in [-0.1, -0.05) is 11.8 Å². The maximum absolute atomic E-state index is 11.4. The van der Waals surface area contributed by atoms with Crippen LogP contribution in [0.5, 0.6) is 0 Å². The van der Waals surface area contributed by atoms with Gasteiger partial charge in [-0.15, -0.1) is 0 Å².